The van der Waals surface area contributed by atoms with E-state index in [1.54, 1.807) is 19.2 Å². The summed E-state index contributed by atoms with van der Waals surface area (Å²) in [5.41, 5.74) is 0.416. The molecule has 2 atom stereocenters. The zero-order valence-corrected chi connectivity index (χ0v) is 11.9. The van der Waals surface area contributed by atoms with Crippen molar-refractivity contribution in [2.24, 2.45) is 5.92 Å². The van der Waals surface area contributed by atoms with Crippen LogP contribution in [0.3, 0.4) is 0 Å². The fourth-order valence-corrected chi connectivity index (χ4v) is 2.78. The molecule has 0 aromatic carbocycles. The minimum Gasteiger partial charge on any atom is -0.372 e. The van der Waals surface area contributed by atoms with Crippen molar-refractivity contribution in [1.82, 2.24) is 15.1 Å². The lowest BCUT2D eigenvalue weighted by Gasteiger charge is -2.36. The van der Waals surface area contributed by atoms with Crippen LogP contribution in [0.15, 0.2) is 12.1 Å². The zero-order valence-electron chi connectivity index (χ0n) is 11.9. The average molecular weight is 262 g/mol. The van der Waals surface area contributed by atoms with Gasteiger partial charge in [-0.25, -0.2) is 0 Å². The van der Waals surface area contributed by atoms with Gasteiger partial charge in [-0.3, -0.25) is 4.79 Å². The Morgan fingerprint density at radius 1 is 1.32 bits per heavy atom. The van der Waals surface area contributed by atoms with Gasteiger partial charge in [0.2, 0.25) is 0 Å². The summed E-state index contributed by atoms with van der Waals surface area (Å²) in [6, 6.07) is 3.83. The standard InChI is InChI=1S/C14H22N4O/c1-10-6-4-5-7-12(10)18(3)14(19)11-8-9-13(15-2)17-16-11/h8-10,12H,4-7H2,1-3H3,(H,15,17). The summed E-state index contributed by atoms with van der Waals surface area (Å²) in [5.74, 6) is 1.20. The third kappa shape index (κ3) is 3.03. The predicted molar refractivity (Wildman–Crippen MR) is 75.1 cm³/mol. The van der Waals surface area contributed by atoms with E-state index in [9.17, 15) is 4.79 Å². The SMILES string of the molecule is CNc1ccc(C(=O)N(C)C2CCCCC2C)nn1. The minimum absolute atomic E-state index is 0.0334. The van der Waals surface area contributed by atoms with Crippen molar-refractivity contribution in [2.75, 3.05) is 19.4 Å². The Bertz CT molecular complexity index is 432. The van der Waals surface area contributed by atoms with Gasteiger partial charge in [0.25, 0.3) is 5.91 Å². The van der Waals surface area contributed by atoms with Crippen molar-refractivity contribution in [3.63, 3.8) is 0 Å². The molecule has 0 aliphatic heterocycles. The first kappa shape index (κ1) is 13.8. The first-order chi connectivity index (χ1) is 9.13. The van der Waals surface area contributed by atoms with Crippen LogP contribution in [0.5, 0.6) is 0 Å². The third-order valence-electron chi connectivity index (χ3n) is 4.02. The highest BCUT2D eigenvalue weighted by atomic mass is 16.2. The van der Waals surface area contributed by atoms with E-state index in [0.29, 0.717) is 23.5 Å². The molecule has 1 aromatic rings. The minimum atomic E-state index is -0.0334. The molecule has 0 bridgehead atoms. The number of amides is 1. The van der Waals surface area contributed by atoms with Crippen molar-refractivity contribution >= 4 is 11.7 Å². The molecule has 1 aliphatic carbocycles. The molecule has 1 fully saturated rings. The second kappa shape index (κ2) is 5.99. The van der Waals surface area contributed by atoms with Crippen molar-refractivity contribution in [3.8, 4) is 0 Å². The smallest absolute Gasteiger partial charge is 0.274 e. The number of anilines is 1. The summed E-state index contributed by atoms with van der Waals surface area (Å²) in [4.78, 5) is 14.2. The molecule has 1 aliphatic rings. The van der Waals surface area contributed by atoms with Crippen molar-refractivity contribution in [1.29, 1.82) is 0 Å². The molecule has 0 radical (unpaired) electrons. The highest BCUT2D eigenvalue weighted by Gasteiger charge is 2.28. The van der Waals surface area contributed by atoms with Crippen LogP contribution in [-0.4, -0.2) is 41.1 Å². The Morgan fingerprint density at radius 2 is 2.05 bits per heavy atom. The van der Waals surface area contributed by atoms with E-state index in [0.717, 1.165) is 6.42 Å². The van der Waals surface area contributed by atoms with Gasteiger partial charge in [-0.1, -0.05) is 19.8 Å². The molecule has 19 heavy (non-hydrogen) atoms. The Labute approximate surface area is 114 Å². The number of hydrogen-bond acceptors (Lipinski definition) is 4. The fourth-order valence-electron chi connectivity index (χ4n) is 2.78. The predicted octanol–water partition coefficient (Wildman–Crippen LogP) is 2.17. The molecule has 104 valence electrons. The van der Waals surface area contributed by atoms with Crippen molar-refractivity contribution < 1.29 is 4.79 Å². The Balaban J connectivity index is 2.08. The number of nitrogens with zero attached hydrogens (tertiary/aromatic N) is 3. The summed E-state index contributed by atoms with van der Waals surface area (Å²) in [5, 5.41) is 10.8. The Hall–Kier alpha value is -1.65. The fraction of sp³-hybridized carbons (Fsp3) is 0.643. The first-order valence-electron chi connectivity index (χ1n) is 6.92. The lowest BCUT2D eigenvalue weighted by Crippen LogP contribution is -2.43. The van der Waals surface area contributed by atoms with E-state index in [2.05, 4.69) is 22.4 Å². The number of carbonyl (C=O) groups excluding carboxylic acids is 1. The van der Waals surface area contributed by atoms with Crippen LogP contribution in [0.1, 0.15) is 43.1 Å². The lowest BCUT2D eigenvalue weighted by molar-refractivity contribution is 0.0622. The summed E-state index contributed by atoms with van der Waals surface area (Å²) < 4.78 is 0. The largest absolute Gasteiger partial charge is 0.372 e. The van der Waals surface area contributed by atoms with Gasteiger partial charge < -0.3 is 10.2 Å². The Kier molecular flexibility index (Phi) is 4.35. The molecule has 1 saturated carbocycles. The van der Waals surface area contributed by atoms with Gasteiger partial charge in [0.15, 0.2) is 5.69 Å². The maximum absolute atomic E-state index is 12.4. The van der Waals surface area contributed by atoms with Gasteiger partial charge in [0.05, 0.1) is 0 Å². The highest BCUT2D eigenvalue weighted by molar-refractivity contribution is 5.92. The van der Waals surface area contributed by atoms with Gasteiger partial charge in [0, 0.05) is 20.1 Å². The lowest BCUT2D eigenvalue weighted by atomic mass is 9.85. The number of carbonyl (C=O) groups is 1. The maximum Gasteiger partial charge on any atom is 0.274 e. The molecular weight excluding hydrogens is 240 g/mol. The molecular formula is C14H22N4O. The molecule has 2 rings (SSSR count). The highest BCUT2D eigenvalue weighted by Crippen LogP contribution is 2.27. The van der Waals surface area contributed by atoms with Crippen molar-refractivity contribution in [3.05, 3.63) is 17.8 Å². The van der Waals surface area contributed by atoms with Crippen molar-refractivity contribution in [2.45, 2.75) is 38.6 Å². The maximum atomic E-state index is 12.4. The van der Waals surface area contributed by atoms with E-state index in [-0.39, 0.29) is 5.91 Å². The molecule has 2 unspecified atom stereocenters. The molecule has 5 heteroatoms. The third-order valence-corrected chi connectivity index (χ3v) is 4.02. The van der Waals surface area contributed by atoms with Crippen LogP contribution < -0.4 is 5.32 Å². The van der Waals surface area contributed by atoms with Gasteiger partial charge in [-0.2, -0.15) is 0 Å². The van der Waals surface area contributed by atoms with Crippen LogP contribution in [0.4, 0.5) is 5.82 Å². The zero-order chi connectivity index (χ0) is 13.8. The van der Waals surface area contributed by atoms with Crippen LogP contribution >= 0.6 is 0 Å². The molecule has 0 saturated heterocycles. The Morgan fingerprint density at radius 3 is 2.63 bits per heavy atom. The van der Waals surface area contributed by atoms with Gasteiger partial charge >= 0.3 is 0 Å². The summed E-state index contributed by atoms with van der Waals surface area (Å²) >= 11 is 0. The van der Waals surface area contributed by atoms with E-state index in [1.165, 1.54) is 19.3 Å². The number of hydrogen-bond donors (Lipinski definition) is 1. The monoisotopic (exact) mass is 262 g/mol. The molecule has 1 aromatic heterocycles. The van der Waals surface area contributed by atoms with Gasteiger partial charge in [-0.15, -0.1) is 10.2 Å². The van der Waals surface area contributed by atoms with Crippen LogP contribution in [0.2, 0.25) is 0 Å². The normalized spacial score (nSPS) is 22.9. The second-order valence-corrected chi connectivity index (χ2v) is 5.30. The summed E-state index contributed by atoms with van der Waals surface area (Å²) in [6.07, 6.45) is 4.77. The number of rotatable bonds is 3. The average Bonchev–Trinajstić information content (AvgIpc) is 2.46. The summed E-state index contributed by atoms with van der Waals surface area (Å²) in [7, 11) is 3.66. The van der Waals surface area contributed by atoms with E-state index >= 15 is 0 Å². The molecule has 1 N–H and O–H groups in total. The first-order valence-corrected chi connectivity index (χ1v) is 6.92. The van der Waals surface area contributed by atoms with E-state index in [4.69, 9.17) is 0 Å². The second-order valence-electron chi connectivity index (χ2n) is 5.30. The van der Waals surface area contributed by atoms with Gasteiger partial charge in [-0.05, 0) is 30.9 Å². The number of aromatic nitrogens is 2. The van der Waals surface area contributed by atoms with Crippen LogP contribution in [0, 0.1) is 5.92 Å². The molecule has 1 heterocycles. The van der Waals surface area contributed by atoms with E-state index < -0.39 is 0 Å². The summed E-state index contributed by atoms with van der Waals surface area (Å²) in [6.45, 7) is 2.23. The molecule has 5 nitrogen and oxygen atoms in total. The molecule has 1 amide bonds. The van der Waals surface area contributed by atoms with Gasteiger partial charge in [0.1, 0.15) is 5.82 Å². The molecule has 0 spiro atoms. The number of nitrogens with one attached hydrogen (secondary N) is 1. The van der Waals surface area contributed by atoms with Crippen LogP contribution in [-0.2, 0) is 0 Å². The quantitative estimate of drug-likeness (QED) is 0.907. The van der Waals surface area contributed by atoms with E-state index in [1.807, 2.05) is 11.9 Å². The topological polar surface area (TPSA) is 58.1 Å². The van der Waals surface area contributed by atoms with Crippen LogP contribution in [0.25, 0.3) is 0 Å².